The molecule has 21 heavy (non-hydrogen) atoms. The van der Waals surface area contributed by atoms with E-state index in [1.165, 1.54) is 0 Å². The zero-order valence-electron chi connectivity index (χ0n) is 12.7. The van der Waals surface area contributed by atoms with Crippen molar-refractivity contribution >= 4 is 23.5 Å². The molecule has 6 nitrogen and oxygen atoms in total. The SMILES string of the molecule is CCC[C@@H](C)NC(=O)Nc1ccc(NC(=O)OCC)cc1. The Morgan fingerprint density at radius 3 is 2.19 bits per heavy atom. The smallest absolute Gasteiger partial charge is 0.411 e. The van der Waals surface area contributed by atoms with Gasteiger partial charge in [0.1, 0.15) is 0 Å². The third kappa shape index (κ3) is 6.65. The molecule has 0 fully saturated rings. The normalized spacial score (nSPS) is 11.4. The molecule has 0 bridgehead atoms. The minimum absolute atomic E-state index is 0.139. The lowest BCUT2D eigenvalue weighted by Gasteiger charge is -2.14. The fourth-order valence-corrected chi connectivity index (χ4v) is 1.82. The standard InChI is InChI=1S/C15H23N3O3/c1-4-6-11(3)16-14(19)17-12-7-9-13(10-8-12)18-15(20)21-5-2/h7-11H,4-6H2,1-3H3,(H,18,20)(H2,16,17,19)/t11-/m1/s1. The third-order valence-corrected chi connectivity index (χ3v) is 2.76. The van der Waals surface area contributed by atoms with Gasteiger partial charge >= 0.3 is 12.1 Å². The highest BCUT2D eigenvalue weighted by atomic mass is 16.5. The quantitative estimate of drug-likeness (QED) is 0.750. The number of anilines is 2. The first-order valence-electron chi connectivity index (χ1n) is 7.16. The minimum Gasteiger partial charge on any atom is -0.450 e. The Balaban J connectivity index is 2.47. The maximum absolute atomic E-state index is 11.7. The van der Waals surface area contributed by atoms with Crippen LogP contribution < -0.4 is 16.0 Å². The third-order valence-electron chi connectivity index (χ3n) is 2.76. The Morgan fingerprint density at radius 1 is 1.10 bits per heavy atom. The lowest BCUT2D eigenvalue weighted by molar-refractivity contribution is 0.168. The van der Waals surface area contributed by atoms with E-state index in [1.54, 1.807) is 31.2 Å². The first kappa shape index (κ1) is 16.8. The average molecular weight is 293 g/mol. The number of rotatable bonds is 6. The molecule has 0 aliphatic carbocycles. The summed E-state index contributed by atoms with van der Waals surface area (Å²) in [6.07, 6.45) is 1.47. The van der Waals surface area contributed by atoms with Crippen molar-refractivity contribution in [1.29, 1.82) is 0 Å². The summed E-state index contributed by atoms with van der Waals surface area (Å²) in [4.78, 5) is 23.0. The highest BCUT2D eigenvalue weighted by Crippen LogP contribution is 2.13. The summed E-state index contributed by atoms with van der Waals surface area (Å²) in [6.45, 7) is 6.10. The number of hydrogen-bond acceptors (Lipinski definition) is 3. The van der Waals surface area contributed by atoms with Gasteiger partial charge in [0.2, 0.25) is 0 Å². The van der Waals surface area contributed by atoms with Gasteiger partial charge in [0.25, 0.3) is 0 Å². The number of urea groups is 1. The molecule has 116 valence electrons. The first-order valence-corrected chi connectivity index (χ1v) is 7.16. The summed E-state index contributed by atoms with van der Waals surface area (Å²) in [5.41, 5.74) is 1.27. The largest absolute Gasteiger partial charge is 0.450 e. The van der Waals surface area contributed by atoms with Gasteiger partial charge in [-0.25, -0.2) is 9.59 Å². The molecule has 1 atom stereocenters. The van der Waals surface area contributed by atoms with Crippen molar-refractivity contribution < 1.29 is 14.3 Å². The van der Waals surface area contributed by atoms with Crippen molar-refractivity contribution in [3.05, 3.63) is 24.3 Å². The van der Waals surface area contributed by atoms with Crippen LogP contribution >= 0.6 is 0 Å². The van der Waals surface area contributed by atoms with Gasteiger partial charge in [0.15, 0.2) is 0 Å². The van der Waals surface area contributed by atoms with Crippen LogP contribution in [0.2, 0.25) is 0 Å². The van der Waals surface area contributed by atoms with Crippen LogP contribution in [-0.2, 0) is 4.74 Å². The predicted molar refractivity (Wildman–Crippen MR) is 83.6 cm³/mol. The van der Waals surface area contributed by atoms with Gasteiger partial charge in [-0.15, -0.1) is 0 Å². The number of hydrogen-bond donors (Lipinski definition) is 3. The fraction of sp³-hybridized carbons (Fsp3) is 0.467. The van der Waals surface area contributed by atoms with Crippen molar-refractivity contribution in [2.24, 2.45) is 0 Å². The van der Waals surface area contributed by atoms with Crippen LogP contribution in [0.15, 0.2) is 24.3 Å². The zero-order chi connectivity index (χ0) is 15.7. The Bertz CT molecular complexity index is 460. The molecule has 3 amide bonds. The summed E-state index contributed by atoms with van der Waals surface area (Å²) in [5.74, 6) is 0. The molecule has 0 aliphatic rings. The van der Waals surface area contributed by atoms with E-state index in [1.807, 2.05) is 6.92 Å². The van der Waals surface area contributed by atoms with Gasteiger partial charge < -0.3 is 15.4 Å². The van der Waals surface area contributed by atoms with Gasteiger partial charge in [-0.2, -0.15) is 0 Å². The molecule has 0 radical (unpaired) electrons. The molecule has 0 aliphatic heterocycles. The molecule has 0 saturated heterocycles. The number of nitrogens with one attached hydrogen (secondary N) is 3. The van der Waals surface area contributed by atoms with E-state index in [4.69, 9.17) is 4.74 Å². The van der Waals surface area contributed by atoms with Crippen molar-refractivity contribution in [2.45, 2.75) is 39.7 Å². The van der Waals surface area contributed by atoms with Crippen LogP contribution in [0, 0.1) is 0 Å². The molecule has 1 rings (SSSR count). The Hall–Kier alpha value is -2.24. The van der Waals surface area contributed by atoms with E-state index in [2.05, 4.69) is 22.9 Å². The molecule has 0 saturated carbocycles. The van der Waals surface area contributed by atoms with Crippen LogP contribution in [0.25, 0.3) is 0 Å². The maximum atomic E-state index is 11.7. The summed E-state index contributed by atoms with van der Waals surface area (Å²) in [6, 6.07) is 6.73. The van der Waals surface area contributed by atoms with E-state index < -0.39 is 6.09 Å². The average Bonchev–Trinajstić information content (AvgIpc) is 2.41. The Morgan fingerprint density at radius 2 is 1.67 bits per heavy atom. The molecule has 0 heterocycles. The molecule has 0 unspecified atom stereocenters. The van der Waals surface area contributed by atoms with Crippen molar-refractivity contribution in [3.63, 3.8) is 0 Å². The number of carbonyl (C=O) groups is 2. The minimum atomic E-state index is -0.496. The van der Waals surface area contributed by atoms with Crippen molar-refractivity contribution in [3.8, 4) is 0 Å². The lowest BCUT2D eigenvalue weighted by atomic mass is 10.2. The Labute approximate surface area is 125 Å². The van der Waals surface area contributed by atoms with Gasteiger partial charge in [0, 0.05) is 17.4 Å². The van der Waals surface area contributed by atoms with Gasteiger partial charge in [0.05, 0.1) is 6.61 Å². The van der Waals surface area contributed by atoms with E-state index >= 15 is 0 Å². The number of benzene rings is 1. The van der Waals surface area contributed by atoms with E-state index in [-0.39, 0.29) is 12.1 Å². The monoisotopic (exact) mass is 293 g/mol. The molecular formula is C15H23N3O3. The topological polar surface area (TPSA) is 79.5 Å². The van der Waals surface area contributed by atoms with Gasteiger partial charge in [-0.05, 0) is 44.5 Å². The Kier molecular flexibility index (Phi) is 7.08. The van der Waals surface area contributed by atoms with Crippen molar-refractivity contribution in [1.82, 2.24) is 5.32 Å². The van der Waals surface area contributed by atoms with Crippen molar-refractivity contribution in [2.75, 3.05) is 17.2 Å². The summed E-state index contributed by atoms with van der Waals surface area (Å²) >= 11 is 0. The molecule has 1 aromatic carbocycles. The number of carbonyl (C=O) groups excluding carboxylic acids is 2. The predicted octanol–water partition coefficient (Wildman–Crippen LogP) is 3.57. The molecule has 0 spiro atoms. The summed E-state index contributed by atoms with van der Waals surface area (Å²) in [7, 11) is 0. The van der Waals surface area contributed by atoms with Gasteiger partial charge in [-0.3, -0.25) is 5.32 Å². The molecular weight excluding hydrogens is 270 g/mol. The molecule has 1 aromatic rings. The molecule has 3 N–H and O–H groups in total. The highest BCUT2D eigenvalue weighted by Gasteiger charge is 2.07. The van der Waals surface area contributed by atoms with Crippen LogP contribution in [0.1, 0.15) is 33.6 Å². The fourth-order valence-electron chi connectivity index (χ4n) is 1.82. The number of amides is 3. The summed E-state index contributed by atoms with van der Waals surface area (Å²) < 4.78 is 4.78. The van der Waals surface area contributed by atoms with Crippen LogP contribution in [-0.4, -0.2) is 24.8 Å². The van der Waals surface area contributed by atoms with E-state index in [9.17, 15) is 9.59 Å². The molecule has 0 aromatic heterocycles. The van der Waals surface area contributed by atoms with Gasteiger partial charge in [-0.1, -0.05) is 13.3 Å². The van der Waals surface area contributed by atoms with Crippen LogP contribution in [0.4, 0.5) is 21.0 Å². The summed E-state index contributed by atoms with van der Waals surface area (Å²) in [5, 5.41) is 8.18. The maximum Gasteiger partial charge on any atom is 0.411 e. The van der Waals surface area contributed by atoms with Crippen LogP contribution in [0.3, 0.4) is 0 Å². The molecule has 6 heteroatoms. The first-order chi connectivity index (χ1) is 10.0. The van der Waals surface area contributed by atoms with Crippen LogP contribution in [0.5, 0.6) is 0 Å². The second-order valence-electron chi connectivity index (χ2n) is 4.71. The second-order valence-corrected chi connectivity index (χ2v) is 4.71. The second kappa shape index (κ2) is 8.84. The number of ether oxygens (including phenoxy) is 1. The zero-order valence-corrected chi connectivity index (χ0v) is 12.7. The van der Waals surface area contributed by atoms with E-state index in [0.29, 0.717) is 18.0 Å². The highest BCUT2D eigenvalue weighted by molar-refractivity contribution is 5.90. The van der Waals surface area contributed by atoms with E-state index in [0.717, 1.165) is 12.8 Å². The lowest BCUT2D eigenvalue weighted by Crippen LogP contribution is -2.35.